The number of nitrogens with one attached hydrogen (secondary N) is 2. The number of hydrogen-bond donors (Lipinski definition) is 2. The van der Waals surface area contributed by atoms with Crippen molar-refractivity contribution < 1.29 is 13.2 Å². The topological polar surface area (TPSA) is 67.4 Å². The molecule has 1 aliphatic heterocycles. The van der Waals surface area contributed by atoms with Gasteiger partial charge in [-0.3, -0.25) is 0 Å². The van der Waals surface area contributed by atoms with Crippen molar-refractivity contribution >= 4 is 10.0 Å². The highest BCUT2D eigenvalue weighted by atomic mass is 32.2. The van der Waals surface area contributed by atoms with E-state index >= 15 is 0 Å². The summed E-state index contributed by atoms with van der Waals surface area (Å²) in [6.07, 6.45) is 3.14. The molecule has 0 aliphatic carbocycles. The van der Waals surface area contributed by atoms with Gasteiger partial charge in [0, 0.05) is 25.6 Å². The fraction of sp³-hybridized carbons (Fsp3) is 1.00. The Bertz CT molecular complexity index is 319. The summed E-state index contributed by atoms with van der Waals surface area (Å²) in [5, 5.41) is 3.10. The molecule has 1 saturated heterocycles. The van der Waals surface area contributed by atoms with Crippen LogP contribution in [0.15, 0.2) is 0 Å². The largest absolute Gasteiger partial charge is 0.378 e. The van der Waals surface area contributed by atoms with Gasteiger partial charge >= 0.3 is 0 Å². The molecule has 0 saturated carbocycles. The molecule has 6 heteroatoms. The lowest BCUT2D eigenvalue weighted by atomic mass is 10.0. The second kappa shape index (κ2) is 8.09. The first kappa shape index (κ1) is 15.9. The summed E-state index contributed by atoms with van der Waals surface area (Å²) in [6, 6.07) is 0. The van der Waals surface area contributed by atoms with Gasteiger partial charge in [0.25, 0.3) is 0 Å². The van der Waals surface area contributed by atoms with Gasteiger partial charge in [0.15, 0.2) is 0 Å². The van der Waals surface area contributed by atoms with E-state index in [-0.39, 0.29) is 11.9 Å². The van der Waals surface area contributed by atoms with E-state index in [1.165, 1.54) is 0 Å². The zero-order valence-electron chi connectivity index (χ0n) is 11.4. The van der Waals surface area contributed by atoms with Crippen molar-refractivity contribution in [1.82, 2.24) is 10.0 Å². The molecule has 0 aromatic carbocycles. The molecule has 0 spiro atoms. The normalized spacial score (nSPS) is 24.6. The van der Waals surface area contributed by atoms with Gasteiger partial charge in [-0.05, 0) is 25.8 Å². The maximum atomic E-state index is 11.8. The van der Waals surface area contributed by atoms with E-state index in [2.05, 4.69) is 23.9 Å². The van der Waals surface area contributed by atoms with Crippen molar-refractivity contribution in [2.45, 2.75) is 39.2 Å². The number of sulfonamides is 1. The summed E-state index contributed by atoms with van der Waals surface area (Å²) in [5.41, 5.74) is 0. The fourth-order valence-corrected chi connectivity index (χ4v) is 3.22. The Morgan fingerprint density at radius 2 is 2.06 bits per heavy atom. The lowest BCUT2D eigenvalue weighted by molar-refractivity contribution is 0.0884. The smallest absolute Gasteiger partial charge is 0.212 e. The molecule has 1 heterocycles. The van der Waals surface area contributed by atoms with Crippen molar-refractivity contribution in [3.05, 3.63) is 0 Å². The van der Waals surface area contributed by atoms with E-state index in [9.17, 15) is 8.42 Å². The van der Waals surface area contributed by atoms with Crippen LogP contribution < -0.4 is 10.0 Å². The minimum absolute atomic E-state index is 0.150. The second-order valence-corrected chi connectivity index (χ2v) is 6.71. The molecule has 2 atom stereocenters. The molecular weight excluding hydrogens is 252 g/mol. The van der Waals surface area contributed by atoms with E-state index < -0.39 is 10.0 Å². The Morgan fingerprint density at radius 1 is 1.28 bits per heavy atom. The van der Waals surface area contributed by atoms with Gasteiger partial charge in [0.05, 0.1) is 11.9 Å². The van der Waals surface area contributed by atoms with Gasteiger partial charge in [-0.1, -0.05) is 13.8 Å². The van der Waals surface area contributed by atoms with Crippen LogP contribution >= 0.6 is 0 Å². The van der Waals surface area contributed by atoms with E-state index in [1.807, 2.05) is 0 Å². The molecule has 1 fully saturated rings. The standard InChI is InChI=1S/C12H26N2O3S/c1-3-6-13-7-9-18(15,16)14-10-11-5-8-17-12(11)4-2/h11-14H,3-10H2,1-2H3. The third-order valence-electron chi connectivity index (χ3n) is 3.29. The zero-order valence-corrected chi connectivity index (χ0v) is 12.3. The van der Waals surface area contributed by atoms with Crippen LogP contribution in [0, 0.1) is 5.92 Å². The Balaban J connectivity index is 2.24. The highest BCUT2D eigenvalue weighted by Crippen LogP contribution is 2.22. The van der Waals surface area contributed by atoms with Crippen LogP contribution in [-0.2, 0) is 14.8 Å². The first-order valence-electron chi connectivity index (χ1n) is 6.88. The summed E-state index contributed by atoms with van der Waals surface area (Å²) in [4.78, 5) is 0. The van der Waals surface area contributed by atoms with E-state index in [0.29, 0.717) is 19.0 Å². The van der Waals surface area contributed by atoms with E-state index in [0.717, 1.165) is 32.4 Å². The lowest BCUT2D eigenvalue weighted by Gasteiger charge is -2.17. The third-order valence-corrected chi connectivity index (χ3v) is 4.64. The van der Waals surface area contributed by atoms with Crippen molar-refractivity contribution in [2.75, 3.05) is 32.0 Å². The van der Waals surface area contributed by atoms with Crippen molar-refractivity contribution in [3.63, 3.8) is 0 Å². The van der Waals surface area contributed by atoms with Gasteiger partial charge in [0.1, 0.15) is 0 Å². The average molecular weight is 278 g/mol. The van der Waals surface area contributed by atoms with Gasteiger partial charge < -0.3 is 10.1 Å². The van der Waals surface area contributed by atoms with E-state index in [1.54, 1.807) is 0 Å². The summed E-state index contributed by atoms with van der Waals surface area (Å²) < 4.78 is 31.7. The molecule has 0 aromatic heterocycles. The zero-order chi connectivity index (χ0) is 13.4. The number of rotatable bonds is 9. The quantitative estimate of drug-likeness (QED) is 0.610. The van der Waals surface area contributed by atoms with Crippen molar-refractivity contribution in [3.8, 4) is 0 Å². The lowest BCUT2D eigenvalue weighted by Crippen LogP contribution is -2.36. The maximum absolute atomic E-state index is 11.8. The molecule has 108 valence electrons. The third kappa shape index (κ3) is 5.65. The first-order chi connectivity index (χ1) is 8.59. The highest BCUT2D eigenvalue weighted by molar-refractivity contribution is 7.89. The molecule has 1 aliphatic rings. The summed E-state index contributed by atoms with van der Waals surface area (Å²) in [6.45, 7) is 6.78. The Kier molecular flexibility index (Phi) is 7.14. The van der Waals surface area contributed by atoms with Gasteiger partial charge in [-0.2, -0.15) is 0 Å². The van der Waals surface area contributed by atoms with Gasteiger partial charge in [0.2, 0.25) is 10.0 Å². The van der Waals surface area contributed by atoms with Crippen LogP contribution in [0.5, 0.6) is 0 Å². The van der Waals surface area contributed by atoms with Crippen LogP contribution in [0.25, 0.3) is 0 Å². The summed E-state index contributed by atoms with van der Waals surface area (Å²) in [7, 11) is -3.15. The molecule has 5 nitrogen and oxygen atoms in total. The maximum Gasteiger partial charge on any atom is 0.212 e. The Morgan fingerprint density at radius 3 is 2.72 bits per heavy atom. The van der Waals surface area contributed by atoms with Crippen LogP contribution in [0.4, 0.5) is 0 Å². The number of ether oxygens (including phenoxy) is 1. The predicted molar refractivity (Wildman–Crippen MR) is 73.1 cm³/mol. The first-order valence-corrected chi connectivity index (χ1v) is 8.54. The molecule has 0 amide bonds. The minimum Gasteiger partial charge on any atom is -0.378 e. The molecule has 0 aromatic rings. The average Bonchev–Trinajstić information content (AvgIpc) is 2.80. The Hall–Kier alpha value is -0.170. The molecule has 0 radical (unpaired) electrons. The predicted octanol–water partition coefficient (Wildman–Crippen LogP) is 0.721. The molecule has 2 N–H and O–H groups in total. The highest BCUT2D eigenvalue weighted by Gasteiger charge is 2.27. The van der Waals surface area contributed by atoms with Gasteiger partial charge in [-0.15, -0.1) is 0 Å². The molecule has 0 bridgehead atoms. The summed E-state index contributed by atoms with van der Waals surface area (Å²) >= 11 is 0. The Labute approximate surface area is 111 Å². The van der Waals surface area contributed by atoms with Gasteiger partial charge in [-0.25, -0.2) is 13.1 Å². The SMILES string of the molecule is CCCNCCS(=O)(=O)NCC1CCOC1CC. The molecule has 1 rings (SSSR count). The second-order valence-electron chi connectivity index (χ2n) is 4.78. The number of hydrogen-bond acceptors (Lipinski definition) is 4. The molecular formula is C12H26N2O3S. The summed E-state index contributed by atoms with van der Waals surface area (Å²) in [5.74, 6) is 0.477. The van der Waals surface area contributed by atoms with Crippen molar-refractivity contribution in [1.29, 1.82) is 0 Å². The van der Waals surface area contributed by atoms with Crippen LogP contribution in [0.1, 0.15) is 33.1 Å². The fourth-order valence-electron chi connectivity index (χ4n) is 2.19. The van der Waals surface area contributed by atoms with Crippen LogP contribution in [0.3, 0.4) is 0 Å². The molecule has 18 heavy (non-hydrogen) atoms. The van der Waals surface area contributed by atoms with Crippen LogP contribution in [-0.4, -0.2) is 46.5 Å². The molecule has 2 unspecified atom stereocenters. The monoisotopic (exact) mass is 278 g/mol. The minimum atomic E-state index is -3.15. The van der Waals surface area contributed by atoms with E-state index in [4.69, 9.17) is 4.74 Å². The van der Waals surface area contributed by atoms with Crippen LogP contribution in [0.2, 0.25) is 0 Å². The van der Waals surface area contributed by atoms with Crippen molar-refractivity contribution in [2.24, 2.45) is 5.92 Å².